The molecule has 0 unspecified atom stereocenters. The largest absolute Gasteiger partial charge is 0.440 e. The number of likely N-dealkylation sites (tertiary alicyclic amines) is 1. The van der Waals surface area contributed by atoms with Crippen LogP contribution in [0.3, 0.4) is 0 Å². The number of nitrogens with zero attached hydrogens (tertiary/aromatic N) is 2. The standard InChI is InChI=1S/C15H16F3N3O2/c16-15(17,18)9-19-14(22)21-7-3-4-10(8-21)13-20-11-5-1-2-6-12(11)23-13/h1-2,5-6,10H,3-4,7-9H2,(H,19,22)/t10-/m0/s1. The lowest BCUT2D eigenvalue weighted by atomic mass is 9.98. The predicted molar refractivity (Wildman–Crippen MR) is 77.0 cm³/mol. The van der Waals surface area contributed by atoms with Gasteiger partial charge >= 0.3 is 12.2 Å². The minimum Gasteiger partial charge on any atom is -0.440 e. The maximum Gasteiger partial charge on any atom is 0.405 e. The number of rotatable bonds is 2. The number of benzene rings is 1. The highest BCUT2D eigenvalue weighted by atomic mass is 19.4. The first-order chi connectivity index (χ1) is 10.9. The van der Waals surface area contributed by atoms with E-state index in [0.29, 0.717) is 31.0 Å². The van der Waals surface area contributed by atoms with Gasteiger partial charge in [0.05, 0.1) is 5.92 Å². The number of fused-ring (bicyclic) bond motifs is 1. The maximum atomic E-state index is 12.2. The lowest BCUT2D eigenvalue weighted by Crippen LogP contribution is -2.47. The summed E-state index contributed by atoms with van der Waals surface area (Å²) in [7, 11) is 0. The van der Waals surface area contributed by atoms with Gasteiger partial charge in [-0.15, -0.1) is 0 Å². The van der Waals surface area contributed by atoms with Gasteiger partial charge in [0.15, 0.2) is 11.5 Å². The number of carbonyl (C=O) groups is 1. The molecular weight excluding hydrogens is 311 g/mol. The Hall–Kier alpha value is -2.25. The van der Waals surface area contributed by atoms with E-state index in [1.54, 1.807) is 0 Å². The first kappa shape index (κ1) is 15.6. The highest BCUT2D eigenvalue weighted by molar-refractivity contribution is 5.74. The van der Waals surface area contributed by atoms with Crippen molar-refractivity contribution >= 4 is 17.1 Å². The molecule has 1 atom stereocenters. The molecule has 0 bridgehead atoms. The SMILES string of the molecule is O=C(NCC(F)(F)F)N1CCC[C@H](c2nc3ccccc3o2)C1. The number of oxazole rings is 1. The summed E-state index contributed by atoms with van der Waals surface area (Å²) < 4.78 is 42.3. The molecule has 2 amide bonds. The van der Waals surface area contributed by atoms with Crippen molar-refractivity contribution in [3.63, 3.8) is 0 Å². The van der Waals surface area contributed by atoms with E-state index in [-0.39, 0.29) is 5.92 Å². The zero-order valence-corrected chi connectivity index (χ0v) is 12.3. The van der Waals surface area contributed by atoms with Crippen LogP contribution >= 0.6 is 0 Å². The predicted octanol–water partition coefficient (Wildman–Crippen LogP) is 3.28. The average Bonchev–Trinajstić information content (AvgIpc) is 2.96. The Morgan fingerprint density at radius 1 is 1.39 bits per heavy atom. The number of amides is 2. The van der Waals surface area contributed by atoms with Crippen molar-refractivity contribution in [2.45, 2.75) is 24.9 Å². The second-order valence-electron chi connectivity index (χ2n) is 5.58. The average molecular weight is 327 g/mol. The molecule has 0 spiro atoms. The number of piperidine rings is 1. The number of aromatic nitrogens is 1. The molecule has 124 valence electrons. The summed E-state index contributed by atoms with van der Waals surface area (Å²) in [5, 5.41) is 1.90. The molecule has 1 aromatic carbocycles. The van der Waals surface area contributed by atoms with Crippen LogP contribution in [0.1, 0.15) is 24.7 Å². The van der Waals surface area contributed by atoms with Gasteiger partial charge in [-0.25, -0.2) is 9.78 Å². The minimum absolute atomic E-state index is 0.104. The van der Waals surface area contributed by atoms with Crippen LogP contribution in [0.2, 0.25) is 0 Å². The van der Waals surface area contributed by atoms with Crippen molar-refractivity contribution in [1.82, 2.24) is 15.2 Å². The van der Waals surface area contributed by atoms with Crippen molar-refractivity contribution < 1.29 is 22.4 Å². The summed E-state index contributed by atoms with van der Waals surface area (Å²) in [6.45, 7) is -0.590. The molecule has 1 aliphatic heterocycles. The third kappa shape index (κ3) is 3.75. The van der Waals surface area contributed by atoms with Crippen LogP contribution < -0.4 is 5.32 Å². The maximum absolute atomic E-state index is 12.2. The van der Waals surface area contributed by atoms with E-state index in [4.69, 9.17) is 4.42 Å². The van der Waals surface area contributed by atoms with E-state index < -0.39 is 18.8 Å². The summed E-state index contributed by atoms with van der Waals surface area (Å²) in [4.78, 5) is 17.7. The van der Waals surface area contributed by atoms with Crippen molar-refractivity contribution in [3.8, 4) is 0 Å². The van der Waals surface area contributed by atoms with E-state index in [2.05, 4.69) is 4.98 Å². The molecule has 1 aromatic heterocycles. The van der Waals surface area contributed by atoms with Gasteiger partial charge in [-0.3, -0.25) is 0 Å². The molecule has 1 saturated heterocycles. The Morgan fingerprint density at radius 3 is 2.91 bits per heavy atom. The normalized spacial score (nSPS) is 19.1. The number of para-hydroxylation sites is 2. The number of nitrogens with one attached hydrogen (secondary N) is 1. The summed E-state index contributed by atoms with van der Waals surface area (Å²) >= 11 is 0. The van der Waals surface area contributed by atoms with E-state index >= 15 is 0 Å². The molecular formula is C15H16F3N3O2. The smallest absolute Gasteiger partial charge is 0.405 e. The molecule has 0 saturated carbocycles. The fourth-order valence-corrected chi connectivity index (χ4v) is 2.72. The monoisotopic (exact) mass is 327 g/mol. The van der Waals surface area contributed by atoms with Crippen LogP contribution in [0.4, 0.5) is 18.0 Å². The summed E-state index contributed by atoms with van der Waals surface area (Å²) in [6, 6.07) is 6.63. The number of alkyl halides is 3. The van der Waals surface area contributed by atoms with Crippen LogP contribution in [-0.2, 0) is 0 Å². The van der Waals surface area contributed by atoms with Crippen molar-refractivity contribution in [2.75, 3.05) is 19.6 Å². The van der Waals surface area contributed by atoms with Gasteiger partial charge in [0.25, 0.3) is 0 Å². The van der Waals surface area contributed by atoms with Crippen LogP contribution in [0.15, 0.2) is 28.7 Å². The number of halogens is 3. The quantitative estimate of drug-likeness (QED) is 0.921. The molecule has 8 heteroatoms. The Morgan fingerprint density at radius 2 is 2.17 bits per heavy atom. The van der Waals surface area contributed by atoms with Gasteiger partial charge in [0.2, 0.25) is 0 Å². The second kappa shape index (κ2) is 6.10. The van der Waals surface area contributed by atoms with Crippen LogP contribution in [0.25, 0.3) is 11.1 Å². The Bertz CT molecular complexity index is 666. The molecule has 1 N–H and O–H groups in total. The first-order valence-electron chi connectivity index (χ1n) is 7.37. The Balaban J connectivity index is 1.67. The summed E-state index contributed by atoms with van der Waals surface area (Å²) in [6.07, 6.45) is -2.93. The molecule has 3 rings (SSSR count). The molecule has 2 aromatic rings. The molecule has 0 aliphatic carbocycles. The molecule has 5 nitrogen and oxygen atoms in total. The highest BCUT2D eigenvalue weighted by Crippen LogP contribution is 2.29. The van der Waals surface area contributed by atoms with Crippen molar-refractivity contribution in [2.24, 2.45) is 0 Å². The lowest BCUT2D eigenvalue weighted by Gasteiger charge is -2.31. The van der Waals surface area contributed by atoms with Gasteiger partial charge in [0, 0.05) is 13.1 Å². The van der Waals surface area contributed by atoms with E-state index in [1.165, 1.54) is 4.90 Å². The van der Waals surface area contributed by atoms with Crippen molar-refractivity contribution in [3.05, 3.63) is 30.2 Å². The summed E-state index contributed by atoms with van der Waals surface area (Å²) in [5.41, 5.74) is 1.40. The van der Waals surface area contributed by atoms with E-state index in [1.807, 2.05) is 29.6 Å². The number of carbonyl (C=O) groups excluding carboxylic acids is 1. The topological polar surface area (TPSA) is 58.4 Å². The van der Waals surface area contributed by atoms with Crippen LogP contribution in [0, 0.1) is 0 Å². The van der Waals surface area contributed by atoms with Crippen LogP contribution in [-0.4, -0.2) is 41.7 Å². The zero-order chi connectivity index (χ0) is 16.4. The van der Waals surface area contributed by atoms with Crippen molar-refractivity contribution in [1.29, 1.82) is 0 Å². The lowest BCUT2D eigenvalue weighted by molar-refractivity contribution is -0.123. The highest BCUT2D eigenvalue weighted by Gasteiger charge is 2.31. The second-order valence-corrected chi connectivity index (χ2v) is 5.58. The van der Waals surface area contributed by atoms with Gasteiger partial charge in [-0.05, 0) is 25.0 Å². The zero-order valence-electron chi connectivity index (χ0n) is 12.3. The summed E-state index contributed by atoms with van der Waals surface area (Å²) in [5.74, 6) is 0.423. The molecule has 1 aliphatic rings. The third-order valence-electron chi connectivity index (χ3n) is 3.81. The molecule has 2 heterocycles. The Kier molecular flexibility index (Phi) is 4.14. The van der Waals surface area contributed by atoms with Gasteiger partial charge in [-0.1, -0.05) is 12.1 Å². The van der Waals surface area contributed by atoms with Gasteiger partial charge in [0.1, 0.15) is 12.1 Å². The van der Waals surface area contributed by atoms with Crippen LogP contribution in [0.5, 0.6) is 0 Å². The minimum atomic E-state index is -4.41. The first-order valence-corrected chi connectivity index (χ1v) is 7.37. The fourth-order valence-electron chi connectivity index (χ4n) is 2.72. The molecule has 23 heavy (non-hydrogen) atoms. The molecule has 0 radical (unpaired) electrons. The number of hydrogen-bond donors (Lipinski definition) is 1. The van der Waals surface area contributed by atoms with Gasteiger partial charge < -0.3 is 14.6 Å². The Labute approximate surface area is 130 Å². The van der Waals surface area contributed by atoms with E-state index in [0.717, 1.165) is 11.9 Å². The number of urea groups is 1. The van der Waals surface area contributed by atoms with E-state index in [9.17, 15) is 18.0 Å². The van der Waals surface area contributed by atoms with Gasteiger partial charge in [-0.2, -0.15) is 13.2 Å². The fraction of sp³-hybridized carbons (Fsp3) is 0.467. The third-order valence-corrected chi connectivity index (χ3v) is 3.81. The molecule has 1 fully saturated rings. The number of hydrogen-bond acceptors (Lipinski definition) is 3.